The van der Waals surface area contributed by atoms with E-state index >= 15 is 0 Å². The van der Waals surface area contributed by atoms with Gasteiger partial charge in [-0.15, -0.1) is 11.3 Å². The topological polar surface area (TPSA) is 75.2 Å². The standard InChI is InChI=1S/C15H22N4O2S2/c1-16-23(20,21)9-11-3-5-12(6-4-11)19(2)14-13-7-8-22-15(13)18-10-17-14/h7-8,10-12,16H,3-6,9H2,1-2H3. The third-order valence-corrected chi connectivity index (χ3v) is 7.06. The van der Waals surface area contributed by atoms with Crippen molar-refractivity contribution in [3.05, 3.63) is 17.8 Å². The Kier molecular flexibility index (Phi) is 4.84. The molecule has 3 rings (SSSR count). The maximum absolute atomic E-state index is 11.7. The van der Waals surface area contributed by atoms with Crippen LogP contribution in [0, 0.1) is 5.92 Å². The van der Waals surface area contributed by atoms with Crippen LogP contribution in [-0.4, -0.2) is 44.3 Å². The molecule has 8 heteroatoms. The Hall–Kier alpha value is -1.25. The average molecular weight is 355 g/mol. The SMILES string of the molecule is CNS(=O)(=O)CC1CCC(N(C)c2ncnc3sccc23)CC1. The molecule has 0 saturated heterocycles. The highest BCUT2D eigenvalue weighted by Gasteiger charge is 2.28. The smallest absolute Gasteiger partial charge is 0.211 e. The van der Waals surface area contributed by atoms with E-state index in [4.69, 9.17) is 0 Å². The van der Waals surface area contributed by atoms with Gasteiger partial charge in [0.15, 0.2) is 0 Å². The molecule has 0 bridgehead atoms. The van der Waals surface area contributed by atoms with E-state index in [1.807, 2.05) is 5.38 Å². The molecular weight excluding hydrogens is 332 g/mol. The van der Waals surface area contributed by atoms with E-state index in [2.05, 4.69) is 32.7 Å². The third kappa shape index (κ3) is 3.64. The highest BCUT2D eigenvalue weighted by atomic mass is 32.2. The zero-order valence-corrected chi connectivity index (χ0v) is 15.0. The number of hydrogen-bond donors (Lipinski definition) is 1. The number of aromatic nitrogens is 2. The molecule has 0 amide bonds. The summed E-state index contributed by atoms with van der Waals surface area (Å²) in [6.07, 6.45) is 5.49. The van der Waals surface area contributed by atoms with Crippen LogP contribution in [0.4, 0.5) is 5.82 Å². The molecule has 1 N–H and O–H groups in total. The number of nitrogens with zero attached hydrogens (tertiary/aromatic N) is 3. The van der Waals surface area contributed by atoms with Gasteiger partial charge in [0.05, 0.1) is 11.1 Å². The highest BCUT2D eigenvalue weighted by molar-refractivity contribution is 7.89. The predicted molar refractivity (Wildman–Crippen MR) is 94.4 cm³/mol. The van der Waals surface area contributed by atoms with Gasteiger partial charge in [0.25, 0.3) is 0 Å². The second-order valence-corrected chi connectivity index (χ2v) is 8.97. The van der Waals surface area contributed by atoms with Crippen molar-refractivity contribution in [2.75, 3.05) is 24.7 Å². The molecular formula is C15H22N4O2S2. The van der Waals surface area contributed by atoms with Crippen molar-refractivity contribution in [1.29, 1.82) is 0 Å². The molecule has 1 aliphatic rings. The van der Waals surface area contributed by atoms with Gasteiger partial charge in [-0.2, -0.15) is 0 Å². The fraction of sp³-hybridized carbons (Fsp3) is 0.600. The quantitative estimate of drug-likeness (QED) is 0.891. The number of nitrogens with one attached hydrogen (secondary N) is 1. The summed E-state index contributed by atoms with van der Waals surface area (Å²) < 4.78 is 25.8. The lowest BCUT2D eigenvalue weighted by Crippen LogP contribution is -2.37. The Bertz CT molecular complexity index is 767. The van der Waals surface area contributed by atoms with Gasteiger partial charge in [-0.1, -0.05) is 0 Å². The molecule has 126 valence electrons. The Balaban J connectivity index is 1.67. The van der Waals surface area contributed by atoms with Gasteiger partial charge < -0.3 is 4.90 Å². The Morgan fingerprint density at radius 3 is 2.74 bits per heavy atom. The number of rotatable bonds is 5. The Morgan fingerprint density at radius 2 is 2.04 bits per heavy atom. The number of hydrogen-bond acceptors (Lipinski definition) is 6. The van der Waals surface area contributed by atoms with Crippen LogP contribution < -0.4 is 9.62 Å². The first-order chi connectivity index (χ1) is 11.0. The van der Waals surface area contributed by atoms with E-state index in [0.29, 0.717) is 6.04 Å². The zero-order valence-electron chi connectivity index (χ0n) is 13.4. The summed E-state index contributed by atoms with van der Waals surface area (Å²) >= 11 is 1.62. The predicted octanol–water partition coefficient (Wildman–Crippen LogP) is 2.24. The summed E-state index contributed by atoms with van der Waals surface area (Å²) in [6.45, 7) is 0. The largest absolute Gasteiger partial charge is 0.356 e. The molecule has 0 radical (unpaired) electrons. The van der Waals surface area contributed by atoms with Gasteiger partial charge in [0.2, 0.25) is 10.0 Å². The van der Waals surface area contributed by atoms with Crippen molar-refractivity contribution in [1.82, 2.24) is 14.7 Å². The third-order valence-electron chi connectivity index (χ3n) is 4.70. The number of fused-ring (bicyclic) bond motifs is 1. The Morgan fingerprint density at radius 1 is 1.30 bits per heavy atom. The van der Waals surface area contributed by atoms with Crippen molar-refractivity contribution in [2.45, 2.75) is 31.7 Å². The fourth-order valence-electron chi connectivity index (χ4n) is 3.32. The van der Waals surface area contributed by atoms with E-state index in [0.717, 1.165) is 41.7 Å². The van der Waals surface area contributed by atoms with E-state index in [-0.39, 0.29) is 11.7 Å². The lowest BCUT2D eigenvalue weighted by molar-refractivity contribution is 0.340. The van der Waals surface area contributed by atoms with E-state index < -0.39 is 10.0 Å². The van der Waals surface area contributed by atoms with Gasteiger partial charge >= 0.3 is 0 Å². The summed E-state index contributed by atoms with van der Waals surface area (Å²) in [4.78, 5) is 12.0. The van der Waals surface area contributed by atoms with Gasteiger partial charge in [0.1, 0.15) is 17.0 Å². The summed E-state index contributed by atoms with van der Waals surface area (Å²) in [5.41, 5.74) is 0. The normalized spacial score (nSPS) is 22.3. The van der Waals surface area contributed by atoms with Crippen LogP contribution >= 0.6 is 11.3 Å². The first kappa shape index (κ1) is 16.6. The molecule has 6 nitrogen and oxygen atoms in total. The maximum Gasteiger partial charge on any atom is 0.211 e. The minimum absolute atomic E-state index is 0.238. The van der Waals surface area contributed by atoms with Gasteiger partial charge in [-0.25, -0.2) is 23.1 Å². The second kappa shape index (κ2) is 6.70. The molecule has 1 fully saturated rings. The molecule has 2 aromatic heterocycles. The molecule has 0 aromatic carbocycles. The van der Waals surface area contributed by atoms with Crippen LogP contribution in [0.25, 0.3) is 10.2 Å². The van der Waals surface area contributed by atoms with Gasteiger partial charge in [-0.05, 0) is 50.1 Å². The summed E-state index contributed by atoms with van der Waals surface area (Å²) in [6, 6.07) is 2.47. The van der Waals surface area contributed by atoms with Crippen LogP contribution in [-0.2, 0) is 10.0 Å². The highest BCUT2D eigenvalue weighted by Crippen LogP contribution is 2.33. The number of thiophene rings is 1. The van der Waals surface area contributed by atoms with Crippen LogP contribution in [0.2, 0.25) is 0 Å². The van der Waals surface area contributed by atoms with E-state index in [1.165, 1.54) is 7.05 Å². The van der Waals surface area contributed by atoms with Gasteiger partial charge in [0, 0.05) is 13.1 Å². The van der Waals surface area contributed by atoms with E-state index in [9.17, 15) is 8.42 Å². The second-order valence-electron chi connectivity index (χ2n) is 6.11. The van der Waals surface area contributed by atoms with Gasteiger partial charge in [-0.3, -0.25) is 0 Å². The average Bonchev–Trinajstić information content (AvgIpc) is 3.03. The Labute approximate surface area is 141 Å². The molecule has 0 spiro atoms. The summed E-state index contributed by atoms with van der Waals surface area (Å²) in [7, 11) is 0.447. The van der Waals surface area contributed by atoms with Crippen molar-refractivity contribution < 1.29 is 8.42 Å². The molecule has 0 unspecified atom stereocenters. The molecule has 2 heterocycles. The molecule has 2 aromatic rings. The minimum atomic E-state index is -3.11. The molecule has 1 saturated carbocycles. The van der Waals surface area contributed by atoms with Crippen LogP contribution in [0.15, 0.2) is 17.8 Å². The van der Waals surface area contributed by atoms with Crippen LogP contribution in [0.3, 0.4) is 0 Å². The molecule has 0 aliphatic heterocycles. The molecule has 1 aliphatic carbocycles. The van der Waals surface area contributed by atoms with E-state index in [1.54, 1.807) is 17.7 Å². The summed E-state index contributed by atoms with van der Waals surface area (Å²) in [5, 5.41) is 3.14. The zero-order chi connectivity index (χ0) is 16.4. The number of sulfonamides is 1. The lowest BCUT2D eigenvalue weighted by atomic mass is 9.86. The number of anilines is 1. The van der Waals surface area contributed by atoms with Crippen LogP contribution in [0.5, 0.6) is 0 Å². The monoisotopic (exact) mass is 354 g/mol. The minimum Gasteiger partial charge on any atom is -0.356 e. The first-order valence-corrected chi connectivity index (χ1v) is 10.4. The van der Waals surface area contributed by atoms with Crippen molar-refractivity contribution in [3.63, 3.8) is 0 Å². The summed E-state index contributed by atoms with van der Waals surface area (Å²) in [5.74, 6) is 1.47. The molecule has 0 atom stereocenters. The van der Waals surface area contributed by atoms with Crippen molar-refractivity contribution >= 4 is 37.4 Å². The fourth-order valence-corrected chi connectivity index (χ4v) is 5.17. The first-order valence-electron chi connectivity index (χ1n) is 7.82. The van der Waals surface area contributed by atoms with Crippen LogP contribution in [0.1, 0.15) is 25.7 Å². The van der Waals surface area contributed by atoms with Crippen molar-refractivity contribution in [2.24, 2.45) is 5.92 Å². The molecule has 23 heavy (non-hydrogen) atoms. The van der Waals surface area contributed by atoms with Crippen molar-refractivity contribution in [3.8, 4) is 0 Å². The maximum atomic E-state index is 11.7. The lowest BCUT2D eigenvalue weighted by Gasteiger charge is -2.35.